The molecular formula is C18H22N2O4S. The van der Waals surface area contributed by atoms with Crippen LogP contribution in [0, 0.1) is 0 Å². The van der Waals surface area contributed by atoms with Crippen LogP contribution in [-0.4, -0.2) is 42.6 Å². The van der Waals surface area contributed by atoms with Gasteiger partial charge in [0.05, 0.1) is 5.75 Å². The average Bonchev–Trinajstić information content (AvgIpc) is 2.58. The fourth-order valence-corrected chi connectivity index (χ4v) is 2.85. The van der Waals surface area contributed by atoms with E-state index in [1.54, 1.807) is 12.1 Å². The second kappa shape index (κ2) is 9.31. The third-order valence-corrected chi connectivity index (χ3v) is 4.33. The van der Waals surface area contributed by atoms with Crippen molar-refractivity contribution in [1.82, 2.24) is 4.90 Å². The van der Waals surface area contributed by atoms with Crippen LogP contribution in [0.15, 0.2) is 60.7 Å². The van der Waals surface area contributed by atoms with Gasteiger partial charge in [-0.3, -0.25) is 14.2 Å². The van der Waals surface area contributed by atoms with E-state index in [0.717, 1.165) is 11.3 Å². The summed E-state index contributed by atoms with van der Waals surface area (Å²) in [4.78, 5) is 13.9. The van der Waals surface area contributed by atoms with E-state index >= 15 is 0 Å². The largest absolute Gasteiger partial charge is 0.326 e. The third kappa shape index (κ3) is 7.93. The first-order valence-corrected chi connectivity index (χ1v) is 9.60. The van der Waals surface area contributed by atoms with E-state index in [0.29, 0.717) is 13.1 Å². The number of amides is 1. The number of carbonyl (C=O) groups excluding carboxylic acids is 1. The summed E-state index contributed by atoms with van der Waals surface area (Å²) in [6.45, 7) is 1.06. The standard InChI is InChI=1S/C18H22N2O4S/c21-18(19-17-9-5-2-6-10-17)11-12-20(13-14-25(22,23)24)15-16-7-3-1-4-8-16/h1-10H,11-15H2,(H,19,21)(H,22,23,24). The number of carbonyl (C=O) groups is 1. The molecule has 0 fully saturated rings. The van der Waals surface area contributed by atoms with Gasteiger partial charge in [0.1, 0.15) is 0 Å². The fourth-order valence-electron chi connectivity index (χ4n) is 2.36. The van der Waals surface area contributed by atoms with Crippen molar-refractivity contribution in [2.45, 2.75) is 13.0 Å². The number of benzene rings is 2. The zero-order valence-corrected chi connectivity index (χ0v) is 14.7. The van der Waals surface area contributed by atoms with Crippen LogP contribution >= 0.6 is 0 Å². The number of anilines is 1. The molecule has 6 nitrogen and oxygen atoms in total. The Kier molecular flexibility index (Phi) is 7.12. The van der Waals surface area contributed by atoms with E-state index in [-0.39, 0.29) is 24.6 Å². The number of hydrogen-bond acceptors (Lipinski definition) is 4. The summed E-state index contributed by atoms with van der Waals surface area (Å²) >= 11 is 0. The smallest absolute Gasteiger partial charge is 0.266 e. The summed E-state index contributed by atoms with van der Waals surface area (Å²) in [5, 5.41) is 2.80. The van der Waals surface area contributed by atoms with E-state index < -0.39 is 10.1 Å². The Morgan fingerprint density at radius 3 is 2.16 bits per heavy atom. The molecule has 2 aromatic carbocycles. The van der Waals surface area contributed by atoms with Crippen LogP contribution in [0.4, 0.5) is 5.69 Å². The lowest BCUT2D eigenvalue weighted by atomic mass is 10.2. The lowest BCUT2D eigenvalue weighted by molar-refractivity contribution is -0.116. The predicted octanol–water partition coefficient (Wildman–Crippen LogP) is 2.41. The Hall–Kier alpha value is -2.22. The minimum Gasteiger partial charge on any atom is -0.326 e. The fraction of sp³-hybridized carbons (Fsp3) is 0.278. The summed E-state index contributed by atoms with van der Waals surface area (Å²) in [7, 11) is -4.04. The first-order valence-electron chi connectivity index (χ1n) is 7.99. The van der Waals surface area contributed by atoms with Crippen molar-refractivity contribution in [2.75, 3.05) is 24.2 Å². The van der Waals surface area contributed by atoms with Crippen molar-refractivity contribution >= 4 is 21.7 Å². The van der Waals surface area contributed by atoms with Crippen molar-refractivity contribution in [1.29, 1.82) is 0 Å². The molecule has 0 spiro atoms. The highest BCUT2D eigenvalue weighted by atomic mass is 32.2. The van der Waals surface area contributed by atoms with Crippen molar-refractivity contribution < 1.29 is 17.8 Å². The quantitative estimate of drug-likeness (QED) is 0.669. The van der Waals surface area contributed by atoms with Crippen molar-refractivity contribution in [3.05, 3.63) is 66.2 Å². The highest BCUT2D eigenvalue weighted by Crippen LogP contribution is 2.08. The summed E-state index contributed by atoms with van der Waals surface area (Å²) in [5.74, 6) is -0.503. The van der Waals surface area contributed by atoms with Crippen LogP contribution in [0.1, 0.15) is 12.0 Å². The molecule has 2 rings (SSSR count). The normalized spacial score (nSPS) is 11.4. The molecule has 0 heterocycles. The monoisotopic (exact) mass is 362 g/mol. The molecule has 134 valence electrons. The number of para-hydroxylation sites is 1. The summed E-state index contributed by atoms with van der Waals surface area (Å²) < 4.78 is 31.0. The van der Waals surface area contributed by atoms with Crippen molar-refractivity contribution in [2.24, 2.45) is 0 Å². The van der Waals surface area contributed by atoms with Gasteiger partial charge in [0.15, 0.2) is 0 Å². The maximum atomic E-state index is 12.1. The Morgan fingerprint density at radius 1 is 0.960 bits per heavy atom. The van der Waals surface area contributed by atoms with E-state index in [9.17, 15) is 13.2 Å². The van der Waals surface area contributed by atoms with Gasteiger partial charge < -0.3 is 5.32 Å². The van der Waals surface area contributed by atoms with Gasteiger partial charge in [0, 0.05) is 31.7 Å². The van der Waals surface area contributed by atoms with Gasteiger partial charge in [-0.25, -0.2) is 0 Å². The average molecular weight is 362 g/mol. The molecule has 0 saturated carbocycles. The van der Waals surface area contributed by atoms with Crippen molar-refractivity contribution in [3.8, 4) is 0 Å². The lowest BCUT2D eigenvalue weighted by Gasteiger charge is -2.21. The number of nitrogens with zero attached hydrogens (tertiary/aromatic N) is 1. The van der Waals surface area contributed by atoms with E-state index in [2.05, 4.69) is 5.32 Å². The Labute approximate surface area is 148 Å². The molecule has 7 heteroatoms. The maximum Gasteiger partial charge on any atom is 0.266 e. The zero-order valence-electron chi connectivity index (χ0n) is 13.8. The Balaban J connectivity index is 1.91. The molecule has 1 amide bonds. The molecule has 0 bridgehead atoms. The topological polar surface area (TPSA) is 86.7 Å². The minimum absolute atomic E-state index is 0.142. The summed E-state index contributed by atoms with van der Waals surface area (Å²) in [6, 6.07) is 18.7. The van der Waals surface area contributed by atoms with Crippen LogP contribution in [0.25, 0.3) is 0 Å². The van der Waals surface area contributed by atoms with Crippen LogP contribution in [0.2, 0.25) is 0 Å². The highest BCUT2D eigenvalue weighted by Gasteiger charge is 2.13. The molecule has 0 atom stereocenters. The molecule has 0 radical (unpaired) electrons. The maximum absolute atomic E-state index is 12.1. The number of nitrogens with one attached hydrogen (secondary N) is 1. The van der Waals surface area contributed by atoms with Gasteiger partial charge in [-0.05, 0) is 17.7 Å². The van der Waals surface area contributed by atoms with Crippen LogP contribution in [0.5, 0.6) is 0 Å². The van der Waals surface area contributed by atoms with Gasteiger partial charge >= 0.3 is 0 Å². The van der Waals surface area contributed by atoms with Gasteiger partial charge in [-0.1, -0.05) is 48.5 Å². The molecule has 0 saturated heterocycles. The van der Waals surface area contributed by atoms with Gasteiger partial charge in [0.2, 0.25) is 5.91 Å². The molecule has 0 aromatic heterocycles. The molecule has 0 aliphatic carbocycles. The molecule has 2 N–H and O–H groups in total. The van der Waals surface area contributed by atoms with Crippen LogP contribution < -0.4 is 5.32 Å². The molecular weight excluding hydrogens is 340 g/mol. The molecule has 0 aliphatic rings. The summed E-state index contributed by atoms with van der Waals surface area (Å²) in [5.41, 5.74) is 1.74. The van der Waals surface area contributed by atoms with E-state index in [1.165, 1.54) is 0 Å². The SMILES string of the molecule is O=C(CCN(CCS(=O)(=O)O)Cc1ccccc1)Nc1ccccc1. The second-order valence-corrected chi connectivity index (χ2v) is 7.28. The summed E-state index contributed by atoms with van der Waals surface area (Å²) in [6.07, 6.45) is 0.229. The highest BCUT2D eigenvalue weighted by molar-refractivity contribution is 7.85. The zero-order chi connectivity index (χ0) is 18.1. The van der Waals surface area contributed by atoms with E-state index in [4.69, 9.17) is 4.55 Å². The first kappa shape index (κ1) is 19.1. The Morgan fingerprint density at radius 2 is 1.56 bits per heavy atom. The number of hydrogen-bond donors (Lipinski definition) is 2. The van der Waals surface area contributed by atoms with Gasteiger partial charge in [0.25, 0.3) is 10.1 Å². The van der Waals surface area contributed by atoms with E-state index in [1.807, 2.05) is 53.4 Å². The van der Waals surface area contributed by atoms with Gasteiger partial charge in [-0.15, -0.1) is 0 Å². The third-order valence-electron chi connectivity index (χ3n) is 3.63. The van der Waals surface area contributed by atoms with Crippen LogP contribution in [0.3, 0.4) is 0 Å². The second-order valence-electron chi connectivity index (χ2n) is 5.71. The minimum atomic E-state index is -4.04. The van der Waals surface area contributed by atoms with Crippen LogP contribution in [-0.2, 0) is 21.5 Å². The van der Waals surface area contributed by atoms with Gasteiger partial charge in [-0.2, -0.15) is 8.42 Å². The molecule has 0 unspecified atom stereocenters. The molecule has 0 aliphatic heterocycles. The predicted molar refractivity (Wildman–Crippen MR) is 97.8 cm³/mol. The molecule has 2 aromatic rings. The number of rotatable bonds is 9. The Bertz CT molecular complexity index is 764. The first-order chi connectivity index (χ1) is 11.9. The lowest BCUT2D eigenvalue weighted by Crippen LogP contribution is -2.32. The van der Waals surface area contributed by atoms with Crippen molar-refractivity contribution in [3.63, 3.8) is 0 Å². The molecule has 25 heavy (non-hydrogen) atoms.